The molecule has 1 aromatic carbocycles. The number of nitrogens with zero attached hydrogens (tertiary/aromatic N) is 1. The molecule has 1 unspecified atom stereocenters. The highest BCUT2D eigenvalue weighted by molar-refractivity contribution is 7.14. The molecule has 6 heteroatoms. The Hall–Kier alpha value is -2.21. The zero-order valence-corrected chi connectivity index (χ0v) is 13.4. The van der Waals surface area contributed by atoms with Crippen molar-refractivity contribution in [3.63, 3.8) is 0 Å². The first-order valence-electron chi connectivity index (χ1n) is 7.68. The van der Waals surface area contributed by atoms with Crippen LogP contribution in [0.4, 0.5) is 5.13 Å². The summed E-state index contributed by atoms with van der Waals surface area (Å²) in [6, 6.07) is 9.78. The highest BCUT2D eigenvalue weighted by Crippen LogP contribution is 2.31. The van der Waals surface area contributed by atoms with Crippen molar-refractivity contribution in [2.45, 2.75) is 25.7 Å². The molecule has 2 atom stereocenters. The Balaban J connectivity index is 1.64. The van der Waals surface area contributed by atoms with E-state index in [4.69, 9.17) is 5.11 Å². The second-order valence-corrected chi connectivity index (χ2v) is 6.65. The number of anilines is 1. The summed E-state index contributed by atoms with van der Waals surface area (Å²) in [6.07, 6.45) is 2.60. The fraction of sp³-hybridized carbons (Fsp3) is 0.353. The lowest BCUT2D eigenvalue weighted by Gasteiger charge is -2.25. The Kier molecular flexibility index (Phi) is 4.71. The molecule has 1 fully saturated rings. The lowest BCUT2D eigenvalue weighted by atomic mass is 9.81. The molecule has 0 spiro atoms. The molecule has 1 saturated carbocycles. The number of aromatic nitrogens is 1. The third-order valence-corrected chi connectivity index (χ3v) is 4.96. The van der Waals surface area contributed by atoms with Gasteiger partial charge in [0.05, 0.1) is 11.6 Å². The lowest BCUT2D eigenvalue weighted by molar-refractivity contribution is -0.143. The summed E-state index contributed by atoms with van der Waals surface area (Å²) in [5.41, 5.74) is 1.84. The van der Waals surface area contributed by atoms with Gasteiger partial charge >= 0.3 is 5.97 Å². The van der Waals surface area contributed by atoms with Crippen molar-refractivity contribution in [3.05, 3.63) is 35.7 Å². The molecule has 1 aliphatic rings. The van der Waals surface area contributed by atoms with Gasteiger partial charge in [-0.05, 0) is 19.3 Å². The molecule has 0 aliphatic heterocycles. The number of carboxylic acid groups (broad SMARTS) is 1. The van der Waals surface area contributed by atoms with Crippen LogP contribution in [0.3, 0.4) is 0 Å². The topological polar surface area (TPSA) is 79.3 Å². The summed E-state index contributed by atoms with van der Waals surface area (Å²) >= 11 is 1.38. The molecule has 2 aromatic rings. The van der Waals surface area contributed by atoms with Gasteiger partial charge in [0.25, 0.3) is 0 Å². The predicted molar refractivity (Wildman–Crippen MR) is 89.3 cm³/mol. The van der Waals surface area contributed by atoms with Crippen LogP contribution in [0.25, 0.3) is 11.3 Å². The quantitative estimate of drug-likeness (QED) is 0.897. The fourth-order valence-corrected chi connectivity index (χ4v) is 3.65. The van der Waals surface area contributed by atoms with Crippen molar-refractivity contribution in [1.29, 1.82) is 0 Å². The summed E-state index contributed by atoms with van der Waals surface area (Å²) < 4.78 is 0. The SMILES string of the molecule is O=C(Nc1nc(-c2ccccc2)cs1)C1CCC[C@@H](C(=O)O)C1. The van der Waals surface area contributed by atoms with Gasteiger partial charge in [0.1, 0.15) is 0 Å². The minimum Gasteiger partial charge on any atom is -0.481 e. The second kappa shape index (κ2) is 6.91. The van der Waals surface area contributed by atoms with E-state index in [1.54, 1.807) is 0 Å². The summed E-state index contributed by atoms with van der Waals surface area (Å²) in [4.78, 5) is 27.9. The minimum absolute atomic E-state index is 0.120. The summed E-state index contributed by atoms with van der Waals surface area (Å²) in [6.45, 7) is 0. The van der Waals surface area contributed by atoms with Gasteiger partial charge in [0.15, 0.2) is 5.13 Å². The van der Waals surface area contributed by atoms with Gasteiger partial charge in [0.2, 0.25) is 5.91 Å². The number of amides is 1. The summed E-state index contributed by atoms with van der Waals surface area (Å²) in [7, 11) is 0. The van der Waals surface area contributed by atoms with E-state index in [0.29, 0.717) is 18.0 Å². The van der Waals surface area contributed by atoms with Crippen LogP contribution in [0, 0.1) is 11.8 Å². The second-order valence-electron chi connectivity index (χ2n) is 5.79. The van der Waals surface area contributed by atoms with Gasteiger partial charge in [-0.25, -0.2) is 4.98 Å². The van der Waals surface area contributed by atoms with E-state index in [1.807, 2.05) is 35.7 Å². The van der Waals surface area contributed by atoms with Crippen LogP contribution in [0.2, 0.25) is 0 Å². The first kappa shape index (κ1) is 15.7. The van der Waals surface area contributed by atoms with E-state index in [-0.39, 0.29) is 11.8 Å². The molecule has 3 rings (SSSR count). The first-order valence-corrected chi connectivity index (χ1v) is 8.56. The van der Waals surface area contributed by atoms with E-state index >= 15 is 0 Å². The number of nitrogens with one attached hydrogen (secondary N) is 1. The number of hydrogen-bond acceptors (Lipinski definition) is 4. The number of rotatable bonds is 4. The average molecular weight is 330 g/mol. The number of thiazole rings is 1. The number of benzene rings is 1. The van der Waals surface area contributed by atoms with Crippen molar-refractivity contribution < 1.29 is 14.7 Å². The molecular formula is C17H18N2O3S. The van der Waals surface area contributed by atoms with Gasteiger partial charge in [-0.15, -0.1) is 11.3 Å². The Morgan fingerprint density at radius 3 is 2.65 bits per heavy atom. The minimum atomic E-state index is -0.803. The van der Waals surface area contributed by atoms with Gasteiger partial charge in [0, 0.05) is 16.9 Å². The highest BCUT2D eigenvalue weighted by atomic mass is 32.1. The zero-order valence-electron chi connectivity index (χ0n) is 12.6. The van der Waals surface area contributed by atoms with Crippen molar-refractivity contribution in [3.8, 4) is 11.3 Å². The Labute approximate surface area is 138 Å². The summed E-state index contributed by atoms with van der Waals surface area (Å²) in [5, 5.41) is 14.4. The van der Waals surface area contributed by atoms with Crippen molar-refractivity contribution in [1.82, 2.24) is 4.98 Å². The van der Waals surface area contributed by atoms with Gasteiger partial charge < -0.3 is 10.4 Å². The van der Waals surface area contributed by atoms with Crippen LogP contribution in [-0.4, -0.2) is 22.0 Å². The first-order chi connectivity index (χ1) is 11.1. The molecule has 120 valence electrons. The van der Waals surface area contributed by atoms with Crippen LogP contribution < -0.4 is 5.32 Å². The van der Waals surface area contributed by atoms with Gasteiger partial charge in [-0.3, -0.25) is 9.59 Å². The van der Waals surface area contributed by atoms with Crippen LogP contribution in [-0.2, 0) is 9.59 Å². The number of carbonyl (C=O) groups is 2. The molecule has 0 radical (unpaired) electrons. The molecule has 23 heavy (non-hydrogen) atoms. The van der Waals surface area contributed by atoms with E-state index in [9.17, 15) is 9.59 Å². The van der Waals surface area contributed by atoms with Gasteiger partial charge in [-0.1, -0.05) is 36.8 Å². The van der Waals surface area contributed by atoms with Crippen molar-refractivity contribution in [2.24, 2.45) is 11.8 Å². The third kappa shape index (κ3) is 3.76. The Morgan fingerprint density at radius 1 is 1.17 bits per heavy atom. The van der Waals surface area contributed by atoms with E-state index < -0.39 is 11.9 Å². The van der Waals surface area contributed by atoms with Crippen LogP contribution in [0.15, 0.2) is 35.7 Å². The molecule has 1 aromatic heterocycles. The van der Waals surface area contributed by atoms with Crippen molar-refractivity contribution >= 4 is 28.3 Å². The predicted octanol–water partition coefficient (Wildman–Crippen LogP) is 3.64. The van der Waals surface area contributed by atoms with Gasteiger partial charge in [-0.2, -0.15) is 0 Å². The normalized spacial score (nSPS) is 20.9. The van der Waals surface area contributed by atoms with Crippen molar-refractivity contribution in [2.75, 3.05) is 5.32 Å². The number of aliphatic carboxylic acids is 1. The molecule has 1 aliphatic carbocycles. The fourth-order valence-electron chi connectivity index (χ4n) is 2.93. The zero-order chi connectivity index (χ0) is 16.2. The number of hydrogen-bond donors (Lipinski definition) is 2. The Morgan fingerprint density at radius 2 is 1.91 bits per heavy atom. The molecule has 0 saturated heterocycles. The molecule has 5 nitrogen and oxygen atoms in total. The van der Waals surface area contributed by atoms with E-state index in [2.05, 4.69) is 10.3 Å². The standard InChI is InChI=1S/C17H18N2O3S/c20-15(12-7-4-8-13(9-12)16(21)22)19-17-18-14(10-23-17)11-5-2-1-3-6-11/h1-3,5-6,10,12-13H,4,7-9H2,(H,21,22)(H,18,19,20)/t12?,13-/m1/s1. The average Bonchev–Trinajstić information content (AvgIpc) is 3.04. The van der Waals surface area contributed by atoms with E-state index in [0.717, 1.165) is 24.1 Å². The monoisotopic (exact) mass is 330 g/mol. The molecule has 0 bridgehead atoms. The maximum Gasteiger partial charge on any atom is 0.306 e. The van der Waals surface area contributed by atoms with Crippen LogP contribution >= 0.6 is 11.3 Å². The molecular weight excluding hydrogens is 312 g/mol. The third-order valence-electron chi connectivity index (χ3n) is 4.20. The van der Waals surface area contributed by atoms with Crippen LogP contribution in [0.1, 0.15) is 25.7 Å². The lowest BCUT2D eigenvalue weighted by Crippen LogP contribution is -2.30. The Bertz CT molecular complexity index is 699. The molecule has 1 amide bonds. The number of carbonyl (C=O) groups excluding carboxylic acids is 1. The molecule has 1 heterocycles. The largest absolute Gasteiger partial charge is 0.481 e. The van der Waals surface area contributed by atoms with E-state index in [1.165, 1.54) is 11.3 Å². The summed E-state index contributed by atoms with van der Waals surface area (Å²) in [5.74, 6) is -1.57. The van der Waals surface area contributed by atoms with Crippen LogP contribution in [0.5, 0.6) is 0 Å². The maximum absolute atomic E-state index is 12.3. The number of carboxylic acids is 1. The maximum atomic E-state index is 12.3. The highest BCUT2D eigenvalue weighted by Gasteiger charge is 2.31. The smallest absolute Gasteiger partial charge is 0.306 e. The molecule has 2 N–H and O–H groups in total.